The minimum atomic E-state index is -0.435. The van der Waals surface area contributed by atoms with Gasteiger partial charge in [0, 0.05) is 13.1 Å². The lowest BCUT2D eigenvalue weighted by Crippen LogP contribution is -2.49. The molecule has 0 bridgehead atoms. The monoisotopic (exact) mass is 256 g/mol. The smallest absolute Gasteiger partial charge is 0.321 e. The molecule has 0 radical (unpaired) electrons. The topological polar surface area (TPSA) is 87.5 Å². The molecule has 3 amide bonds. The Morgan fingerprint density at radius 2 is 2.17 bits per heavy atom. The molecule has 0 aromatic carbocycles. The Hall–Kier alpha value is -1.14. The Bertz CT molecular complexity index is 321. The highest BCUT2D eigenvalue weighted by atomic mass is 16.2. The van der Waals surface area contributed by atoms with Gasteiger partial charge >= 0.3 is 6.03 Å². The molecule has 0 aliphatic carbocycles. The van der Waals surface area contributed by atoms with Gasteiger partial charge in [-0.2, -0.15) is 0 Å². The van der Waals surface area contributed by atoms with Crippen molar-refractivity contribution >= 4 is 11.9 Å². The Kier molecular flexibility index (Phi) is 5.10. The Labute approximate surface area is 108 Å². The van der Waals surface area contributed by atoms with Crippen molar-refractivity contribution in [2.24, 2.45) is 11.1 Å². The van der Waals surface area contributed by atoms with Crippen LogP contribution in [0.2, 0.25) is 0 Å². The number of amides is 3. The van der Waals surface area contributed by atoms with E-state index in [1.807, 2.05) is 6.92 Å². The molecule has 1 heterocycles. The fraction of sp³-hybridized carbons (Fsp3) is 0.833. The fourth-order valence-electron chi connectivity index (χ4n) is 2.15. The van der Waals surface area contributed by atoms with Crippen LogP contribution in [-0.4, -0.2) is 49.1 Å². The molecule has 2 unspecified atom stereocenters. The van der Waals surface area contributed by atoms with Crippen LogP contribution in [0.4, 0.5) is 4.79 Å². The van der Waals surface area contributed by atoms with E-state index in [4.69, 9.17) is 5.73 Å². The van der Waals surface area contributed by atoms with Crippen molar-refractivity contribution in [2.45, 2.75) is 33.2 Å². The van der Waals surface area contributed by atoms with Crippen LogP contribution in [0.5, 0.6) is 0 Å². The van der Waals surface area contributed by atoms with Crippen LogP contribution >= 0.6 is 0 Å². The second-order valence-corrected chi connectivity index (χ2v) is 5.26. The van der Waals surface area contributed by atoms with Crippen molar-refractivity contribution < 1.29 is 9.59 Å². The summed E-state index contributed by atoms with van der Waals surface area (Å²) >= 11 is 0. The lowest BCUT2D eigenvalue weighted by Gasteiger charge is -2.26. The van der Waals surface area contributed by atoms with E-state index in [1.54, 1.807) is 6.92 Å². The zero-order valence-electron chi connectivity index (χ0n) is 11.5. The molecule has 0 aromatic rings. The highest BCUT2D eigenvalue weighted by Crippen LogP contribution is 2.29. The van der Waals surface area contributed by atoms with Gasteiger partial charge in [-0.25, -0.2) is 4.79 Å². The number of nitrogens with one attached hydrogen (secondary N) is 2. The predicted molar refractivity (Wildman–Crippen MR) is 70.0 cm³/mol. The van der Waals surface area contributed by atoms with Gasteiger partial charge in [0.15, 0.2) is 0 Å². The van der Waals surface area contributed by atoms with Crippen molar-refractivity contribution in [1.29, 1.82) is 0 Å². The zero-order valence-corrected chi connectivity index (χ0v) is 11.5. The van der Waals surface area contributed by atoms with Gasteiger partial charge in [-0.05, 0) is 38.8 Å². The van der Waals surface area contributed by atoms with E-state index in [2.05, 4.69) is 22.5 Å². The maximum absolute atomic E-state index is 11.9. The van der Waals surface area contributed by atoms with Crippen molar-refractivity contribution in [1.82, 2.24) is 15.5 Å². The van der Waals surface area contributed by atoms with E-state index in [0.29, 0.717) is 13.1 Å². The SMILES string of the molecule is CCNC(=O)NC(=O)C(C)N1CCC(C)(CN)C1. The van der Waals surface area contributed by atoms with Gasteiger partial charge in [0.05, 0.1) is 6.04 Å². The van der Waals surface area contributed by atoms with E-state index >= 15 is 0 Å². The highest BCUT2D eigenvalue weighted by molar-refractivity contribution is 5.96. The van der Waals surface area contributed by atoms with E-state index in [-0.39, 0.29) is 17.4 Å². The Morgan fingerprint density at radius 1 is 1.50 bits per heavy atom. The molecule has 6 nitrogen and oxygen atoms in total. The number of nitrogens with two attached hydrogens (primary N) is 1. The van der Waals surface area contributed by atoms with Crippen LogP contribution in [0.25, 0.3) is 0 Å². The first-order chi connectivity index (χ1) is 8.41. The maximum atomic E-state index is 11.9. The molecule has 0 aromatic heterocycles. The maximum Gasteiger partial charge on any atom is 0.321 e. The van der Waals surface area contributed by atoms with Gasteiger partial charge in [-0.3, -0.25) is 15.0 Å². The van der Waals surface area contributed by atoms with Gasteiger partial charge < -0.3 is 11.1 Å². The lowest BCUT2D eigenvalue weighted by atomic mass is 9.90. The molecule has 1 rings (SSSR count). The number of hydrogen-bond donors (Lipinski definition) is 3. The van der Waals surface area contributed by atoms with Crippen LogP contribution < -0.4 is 16.4 Å². The Morgan fingerprint density at radius 3 is 2.67 bits per heavy atom. The normalized spacial score (nSPS) is 25.8. The summed E-state index contributed by atoms with van der Waals surface area (Å²) in [5.41, 5.74) is 5.82. The van der Waals surface area contributed by atoms with E-state index in [1.165, 1.54) is 0 Å². The summed E-state index contributed by atoms with van der Waals surface area (Å²) in [6.07, 6.45) is 0.988. The van der Waals surface area contributed by atoms with Crippen molar-refractivity contribution in [3.63, 3.8) is 0 Å². The number of likely N-dealkylation sites (tertiary alicyclic amines) is 1. The second kappa shape index (κ2) is 6.15. The first kappa shape index (κ1) is 14.9. The van der Waals surface area contributed by atoms with Crippen molar-refractivity contribution in [2.75, 3.05) is 26.2 Å². The van der Waals surface area contributed by atoms with Gasteiger partial charge in [-0.15, -0.1) is 0 Å². The summed E-state index contributed by atoms with van der Waals surface area (Å²) in [6.45, 7) is 8.51. The number of urea groups is 1. The van der Waals surface area contributed by atoms with Crippen molar-refractivity contribution in [3.05, 3.63) is 0 Å². The number of carbonyl (C=O) groups excluding carboxylic acids is 2. The first-order valence-corrected chi connectivity index (χ1v) is 6.44. The molecule has 1 fully saturated rings. The standard InChI is InChI=1S/C12H24N4O2/c1-4-14-11(18)15-10(17)9(2)16-6-5-12(3,7-13)8-16/h9H,4-8,13H2,1-3H3,(H2,14,15,17,18). The molecule has 4 N–H and O–H groups in total. The quantitative estimate of drug-likeness (QED) is 0.655. The third kappa shape index (κ3) is 3.68. The van der Waals surface area contributed by atoms with Gasteiger partial charge in [-0.1, -0.05) is 6.92 Å². The average Bonchev–Trinajstić information content (AvgIpc) is 2.72. The Balaban J connectivity index is 2.48. The molecule has 104 valence electrons. The van der Waals surface area contributed by atoms with E-state index in [0.717, 1.165) is 19.5 Å². The summed E-state index contributed by atoms with van der Waals surface area (Å²) in [6, 6.07) is -0.740. The molecule has 1 aliphatic rings. The van der Waals surface area contributed by atoms with Crippen LogP contribution in [-0.2, 0) is 4.79 Å². The lowest BCUT2D eigenvalue weighted by molar-refractivity contribution is -0.124. The number of carbonyl (C=O) groups is 2. The van der Waals surface area contributed by atoms with Gasteiger partial charge in [0.2, 0.25) is 5.91 Å². The van der Waals surface area contributed by atoms with Crippen LogP contribution in [0.15, 0.2) is 0 Å². The summed E-state index contributed by atoms with van der Waals surface area (Å²) in [5.74, 6) is -0.262. The molecule has 0 spiro atoms. The molecule has 1 saturated heterocycles. The van der Waals surface area contributed by atoms with Crippen LogP contribution in [0.3, 0.4) is 0 Å². The van der Waals surface area contributed by atoms with Crippen LogP contribution in [0.1, 0.15) is 27.2 Å². The highest BCUT2D eigenvalue weighted by Gasteiger charge is 2.36. The largest absolute Gasteiger partial charge is 0.338 e. The third-order valence-corrected chi connectivity index (χ3v) is 3.58. The number of imide groups is 1. The molecular weight excluding hydrogens is 232 g/mol. The van der Waals surface area contributed by atoms with E-state index < -0.39 is 6.03 Å². The molecule has 2 atom stereocenters. The first-order valence-electron chi connectivity index (χ1n) is 6.44. The summed E-state index contributed by atoms with van der Waals surface area (Å²) in [4.78, 5) is 25.2. The third-order valence-electron chi connectivity index (χ3n) is 3.58. The summed E-state index contributed by atoms with van der Waals surface area (Å²) in [5, 5.41) is 4.88. The minimum Gasteiger partial charge on any atom is -0.338 e. The summed E-state index contributed by atoms with van der Waals surface area (Å²) < 4.78 is 0. The average molecular weight is 256 g/mol. The van der Waals surface area contributed by atoms with Crippen molar-refractivity contribution in [3.8, 4) is 0 Å². The number of rotatable bonds is 4. The number of nitrogens with zero attached hydrogens (tertiary/aromatic N) is 1. The van der Waals surface area contributed by atoms with Crippen LogP contribution in [0, 0.1) is 5.41 Å². The zero-order chi connectivity index (χ0) is 13.8. The fourth-order valence-corrected chi connectivity index (χ4v) is 2.15. The molecule has 1 aliphatic heterocycles. The second-order valence-electron chi connectivity index (χ2n) is 5.26. The van der Waals surface area contributed by atoms with Gasteiger partial charge in [0.25, 0.3) is 0 Å². The molecular formula is C12H24N4O2. The minimum absolute atomic E-state index is 0.0835. The molecule has 0 saturated carbocycles. The molecule has 6 heteroatoms. The van der Waals surface area contributed by atoms with E-state index in [9.17, 15) is 9.59 Å². The predicted octanol–water partition coefficient (Wildman–Crippen LogP) is -0.109. The molecule has 18 heavy (non-hydrogen) atoms. The summed E-state index contributed by atoms with van der Waals surface area (Å²) in [7, 11) is 0. The number of hydrogen-bond acceptors (Lipinski definition) is 4. The van der Waals surface area contributed by atoms with Gasteiger partial charge in [0.1, 0.15) is 0 Å².